The van der Waals surface area contributed by atoms with Crippen LogP contribution in [0.4, 0.5) is 4.39 Å². The van der Waals surface area contributed by atoms with Crippen molar-refractivity contribution in [2.24, 2.45) is 0 Å². The molecule has 0 aliphatic heterocycles. The second-order valence-corrected chi connectivity index (χ2v) is 6.65. The van der Waals surface area contributed by atoms with Gasteiger partial charge in [0.2, 0.25) is 5.91 Å². The van der Waals surface area contributed by atoms with Crippen molar-refractivity contribution >= 4 is 12.0 Å². The van der Waals surface area contributed by atoms with Crippen LogP contribution in [0.2, 0.25) is 0 Å². The molecule has 0 atom stereocenters. The lowest BCUT2D eigenvalue weighted by atomic mass is 10.1. The molecule has 1 heterocycles. The molecule has 2 aromatic carbocycles. The summed E-state index contributed by atoms with van der Waals surface area (Å²) in [7, 11) is 0. The third-order valence-corrected chi connectivity index (χ3v) is 4.70. The molecule has 0 aliphatic rings. The molecule has 0 unspecified atom stereocenters. The van der Waals surface area contributed by atoms with Gasteiger partial charge in [-0.25, -0.2) is 9.07 Å². The molecule has 3 aromatic rings. The Balaban J connectivity index is 1.79. The smallest absolute Gasteiger partial charge is 0.246 e. The number of nitrogens with zero attached hydrogens (tertiary/aromatic N) is 3. The average molecular weight is 377 g/mol. The molecule has 0 spiro atoms. The molecule has 28 heavy (non-hydrogen) atoms. The second-order valence-electron chi connectivity index (χ2n) is 6.65. The van der Waals surface area contributed by atoms with Gasteiger partial charge in [-0.05, 0) is 56.7 Å². The third-order valence-electron chi connectivity index (χ3n) is 4.70. The van der Waals surface area contributed by atoms with Crippen LogP contribution in [0.3, 0.4) is 0 Å². The zero-order valence-electron chi connectivity index (χ0n) is 16.4. The summed E-state index contributed by atoms with van der Waals surface area (Å²) in [5, 5.41) is 4.60. The minimum atomic E-state index is -0.295. The maximum Gasteiger partial charge on any atom is 0.246 e. The minimum absolute atomic E-state index is 0.113. The quantitative estimate of drug-likeness (QED) is 0.585. The van der Waals surface area contributed by atoms with Gasteiger partial charge in [0.15, 0.2) is 0 Å². The molecular formula is C23H24FN3O. The monoisotopic (exact) mass is 377 g/mol. The highest BCUT2D eigenvalue weighted by Crippen LogP contribution is 2.19. The van der Waals surface area contributed by atoms with Crippen molar-refractivity contribution in [1.29, 1.82) is 0 Å². The summed E-state index contributed by atoms with van der Waals surface area (Å²) in [5.41, 5.74) is 4.52. The Morgan fingerprint density at radius 2 is 1.89 bits per heavy atom. The van der Waals surface area contributed by atoms with Gasteiger partial charge in [0.05, 0.1) is 11.4 Å². The van der Waals surface area contributed by atoms with E-state index in [4.69, 9.17) is 0 Å². The van der Waals surface area contributed by atoms with Crippen LogP contribution < -0.4 is 0 Å². The first-order valence-electron chi connectivity index (χ1n) is 9.32. The molecule has 3 rings (SSSR count). The topological polar surface area (TPSA) is 38.1 Å². The Labute approximate surface area is 164 Å². The highest BCUT2D eigenvalue weighted by atomic mass is 19.1. The molecule has 5 heteroatoms. The average Bonchev–Trinajstić information content (AvgIpc) is 2.98. The number of amides is 1. The summed E-state index contributed by atoms with van der Waals surface area (Å²) in [4.78, 5) is 14.3. The lowest BCUT2D eigenvalue weighted by Gasteiger charge is -2.19. The standard InChI is InChI=1S/C23H24FN3O/c1-4-26(16-19-9-8-10-20(24)15-19)23(28)14-13-22-17(2)25-27(18(22)3)21-11-6-5-7-12-21/h5-15H,4,16H2,1-3H3/b14-13+. The zero-order chi connectivity index (χ0) is 20.1. The molecule has 4 nitrogen and oxygen atoms in total. The summed E-state index contributed by atoms with van der Waals surface area (Å²) in [6.07, 6.45) is 3.38. The molecule has 0 bridgehead atoms. The Bertz CT molecular complexity index is 992. The SMILES string of the molecule is CCN(Cc1cccc(F)c1)C(=O)/C=C/c1c(C)nn(-c2ccccc2)c1C. The van der Waals surface area contributed by atoms with Crippen LogP contribution in [0.25, 0.3) is 11.8 Å². The van der Waals surface area contributed by atoms with Crippen LogP contribution in [-0.2, 0) is 11.3 Å². The van der Waals surface area contributed by atoms with Gasteiger partial charge in [0, 0.05) is 30.4 Å². The highest BCUT2D eigenvalue weighted by molar-refractivity contribution is 5.92. The number of halogens is 1. The number of para-hydroxylation sites is 1. The van der Waals surface area contributed by atoms with Crippen molar-refractivity contribution in [2.75, 3.05) is 6.54 Å². The molecule has 1 aromatic heterocycles. The maximum absolute atomic E-state index is 13.4. The van der Waals surface area contributed by atoms with E-state index in [0.717, 1.165) is 28.2 Å². The summed E-state index contributed by atoms with van der Waals surface area (Å²) in [6.45, 7) is 6.75. The molecular weight excluding hydrogens is 353 g/mol. The van der Waals surface area contributed by atoms with Crippen molar-refractivity contribution in [2.45, 2.75) is 27.3 Å². The summed E-state index contributed by atoms with van der Waals surface area (Å²) >= 11 is 0. The van der Waals surface area contributed by atoms with Gasteiger partial charge in [0.25, 0.3) is 0 Å². The number of likely N-dealkylation sites (N-methyl/N-ethyl adjacent to an activating group) is 1. The van der Waals surface area contributed by atoms with Crippen molar-refractivity contribution in [3.05, 3.63) is 89.0 Å². The van der Waals surface area contributed by atoms with E-state index < -0.39 is 0 Å². The van der Waals surface area contributed by atoms with Gasteiger partial charge in [-0.15, -0.1) is 0 Å². The van der Waals surface area contributed by atoms with Gasteiger partial charge in [-0.2, -0.15) is 5.10 Å². The van der Waals surface area contributed by atoms with E-state index in [0.29, 0.717) is 13.1 Å². The zero-order valence-corrected chi connectivity index (χ0v) is 16.4. The van der Waals surface area contributed by atoms with Crippen LogP contribution in [0.1, 0.15) is 29.4 Å². The molecule has 0 aliphatic carbocycles. The van der Waals surface area contributed by atoms with Crippen LogP contribution in [0, 0.1) is 19.7 Å². The predicted molar refractivity (Wildman–Crippen MR) is 110 cm³/mol. The molecule has 0 saturated heterocycles. The van der Waals surface area contributed by atoms with E-state index in [9.17, 15) is 9.18 Å². The number of aromatic nitrogens is 2. The fraction of sp³-hybridized carbons (Fsp3) is 0.217. The van der Waals surface area contributed by atoms with Crippen LogP contribution in [-0.4, -0.2) is 27.1 Å². The molecule has 0 N–H and O–H groups in total. The Kier molecular flexibility index (Phi) is 6.04. The van der Waals surface area contributed by atoms with E-state index in [-0.39, 0.29) is 11.7 Å². The van der Waals surface area contributed by atoms with E-state index in [1.54, 1.807) is 17.0 Å². The lowest BCUT2D eigenvalue weighted by Crippen LogP contribution is -2.28. The Hall–Kier alpha value is -3.21. The number of benzene rings is 2. The first-order valence-corrected chi connectivity index (χ1v) is 9.32. The first kappa shape index (κ1) is 19.5. The number of rotatable bonds is 6. The van der Waals surface area contributed by atoms with Gasteiger partial charge >= 0.3 is 0 Å². The van der Waals surface area contributed by atoms with Crippen LogP contribution >= 0.6 is 0 Å². The minimum Gasteiger partial charge on any atom is -0.335 e. The third kappa shape index (κ3) is 4.36. The van der Waals surface area contributed by atoms with Crippen molar-refractivity contribution in [3.8, 4) is 5.69 Å². The van der Waals surface area contributed by atoms with E-state index >= 15 is 0 Å². The molecule has 144 valence electrons. The fourth-order valence-corrected chi connectivity index (χ4v) is 3.18. The summed E-state index contributed by atoms with van der Waals surface area (Å²) in [5.74, 6) is -0.408. The lowest BCUT2D eigenvalue weighted by molar-refractivity contribution is -0.126. The number of aryl methyl sites for hydroxylation is 1. The normalized spacial score (nSPS) is 11.1. The summed E-state index contributed by atoms with van der Waals surface area (Å²) in [6, 6.07) is 16.2. The number of carbonyl (C=O) groups excluding carboxylic acids is 1. The van der Waals surface area contributed by atoms with Gasteiger partial charge < -0.3 is 4.90 Å². The highest BCUT2D eigenvalue weighted by Gasteiger charge is 2.13. The number of hydrogen-bond acceptors (Lipinski definition) is 2. The first-order chi connectivity index (χ1) is 13.5. The molecule has 1 amide bonds. The van der Waals surface area contributed by atoms with Crippen LogP contribution in [0.5, 0.6) is 0 Å². The van der Waals surface area contributed by atoms with Gasteiger partial charge in [0.1, 0.15) is 5.82 Å². The van der Waals surface area contributed by atoms with Gasteiger partial charge in [-0.3, -0.25) is 4.79 Å². The van der Waals surface area contributed by atoms with Crippen LogP contribution in [0.15, 0.2) is 60.7 Å². The van der Waals surface area contributed by atoms with E-state index in [1.807, 2.05) is 67.9 Å². The molecule has 0 saturated carbocycles. The Morgan fingerprint density at radius 3 is 2.57 bits per heavy atom. The van der Waals surface area contributed by atoms with Crippen molar-refractivity contribution in [1.82, 2.24) is 14.7 Å². The van der Waals surface area contributed by atoms with Crippen molar-refractivity contribution < 1.29 is 9.18 Å². The largest absolute Gasteiger partial charge is 0.335 e. The predicted octanol–water partition coefficient (Wildman–Crippen LogP) is 4.69. The molecule has 0 fully saturated rings. The van der Waals surface area contributed by atoms with E-state index in [1.165, 1.54) is 12.1 Å². The Morgan fingerprint density at radius 1 is 1.14 bits per heavy atom. The number of hydrogen-bond donors (Lipinski definition) is 0. The maximum atomic E-state index is 13.4. The van der Waals surface area contributed by atoms with Gasteiger partial charge in [-0.1, -0.05) is 30.3 Å². The summed E-state index contributed by atoms with van der Waals surface area (Å²) < 4.78 is 15.3. The second kappa shape index (κ2) is 8.65. The van der Waals surface area contributed by atoms with Crippen molar-refractivity contribution in [3.63, 3.8) is 0 Å². The van der Waals surface area contributed by atoms with E-state index in [2.05, 4.69) is 5.10 Å². The molecule has 0 radical (unpaired) electrons. The fourth-order valence-electron chi connectivity index (χ4n) is 3.18. The number of carbonyl (C=O) groups is 1.